The Morgan fingerprint density at radius 2 is 2.11 bits per heavy atom. The van der Waals surface area contributed by atoms with Crippen molar-refractivity contribution in [2.45, 2.75) is 46.0 Å². The maximum absolute atomic E-state index is 4.69. The Balaban J connectivity index is 2.11. The number of aromatic nitrogens is 2. The van der Waals surface area contributed by atoms with Gasteiger partial charge in [0, 0.05) is 32.6 Å². The summed E-state index contributed by atoms with van der Waals surface area (Å²) in [6.45, 7) is 6.28. The Morgan fingerprint density at radius 1 is 1.32 bits per heavy atom. The average Bonchev–Trinajstić information content (AvgIpc) is 2.34. The molecule has 1 aliphatic carbocycles. The number of hydrogen-bond donors (Lipinski definition) is 1. The predicted molar refractivity (Wildman–Crippen MR) is 80.8 cm³/mol. The molecule has 4 nitrogen and oxygen atoms in total. The minimum atomic E-state index is 0.858. The van der Waals surface area contributed by atoms with Crippen molar-refractivity contribution in [2.24, 2.45) is 5.92 Å². The summed E-state index contributed by atoms with van der Waals surface area (Å²) in [5.74, 6) is 3.83. The zero-order chi connectivity index (χ0) is 13.7. The van der Waals surface area contributed by atoms with Crippen LogP contribution >= 0.6 is 0 Å². The molecule has 0 amide bonds. The van der Waals surface area contributed by atoms with Crippen molar-refractivity contribution in [1.82, 2.24) is 9.97 Å². The monoisotopic (exact) mass is 262 g/mol. The molecular formula is C15H26N4. The fourth-order valence-corrected chi connectivity index (χ4v) is 2.44. The highest BCUT2D eigenvalue weighted by molar-refractivity contribution is 5.49. The van der Waals surface area contributed by atoms with Crippen molar-refractivity contribution in [1.29, 1.82) is 0 Å². The fourth-order valence-electron chi connectivity index (χ4n) is 2.44. The van der Waals surface area contributed by atoms with Gasteiger partial charge in [-0.2, -0.15) is 0 Å². The molecule has 1 fully saturated rings. The van der Waals surface area contributed by atoms with Crippen LogP contribution in [0.25, 0.3) is 0 Å². The first-order valence-electron chi connectivity index (χ1n) is 7.55. The summed E-state index contributed by atoms with van der Waals surface area (Å²) in [5.41, 5.74) is 0. The summed E-state index contributed by atoms with van der Waals surface area (Å²) < 4.78 is 0. The van der Waals surface area contributed by atoms with E-state index in [2.05, 4.69) is 42.2 Å². The Bertz CT molecular complexity index is 377. The lowest BCUT2D eigenvalue weighted by Gasteiger charge is -2.31. The molecule has 0 aromatic carbocycles. The van der Waals surface area contributed by atoms with Crippen LogP contribution in [0.1, 0.15) is 45.4 Å². The molecule has 1 aromatic rings. The standard InChI is InChI=1S/C15H26N4/c1-4-7-13-17-14(16-5-2)10-15(18-13)19(3)11-12-8-6-9-12/h10,12H,4-9,11H2,1-3H3,(H,16,17,18). The topological polar surface area (TPSA) is 41.1 Å². The molecular weight excluding hydrogens is 236 g/mol. The summed E-state index contributed by atoms with van der Waals surface area (Å²) >= 11 is 0. The molecule has 19 heavy (non-hydrogen) atoms. The molecule has 1 N–H and O–H groups in total. The molecule has 1 aliphatic rings. The second-order valence-corrected chi connectivity index (χ2v) is 5.49. The summed E-state index contributed by atoms with van der Waals surface area (Å²) in [7, 11) is 2.14. The van der Waals surface area contributed by atoms with Gasteiger partial charge in [-0.15, -0.1) is 0 Å². The maximum atomic E-state index is 4.69. The molecule has 0 aliphatic heterocycles. The van der Waals surface area contributed by atoms with Crippen molar-refractivity contribution >= 4 is 11.6 Å². The first-order valence-corrected chi connectivity index (χ1v) is 7.55. The van der Waals surface area contributed by atoms with E-state index in [4.69, 9.17) is 4.98 Å². The maximum Gasteiger partial charge on any atom is 0.134 e. The second-order valence-electron chi connectivity index (χ2n) is 5.49. The van der Waals surface area contributed by atoms with Crippen LogP contribution in [-0.2, 0) is 6.42 Å². The fraction of sp³-hybridized carbons (Fsp3) is 0.733. The van der Waals surface area contributed by atoms with E-state index in [0.29, 0.717) is 0 Å². The average molecular weight is 262 g/mol. The Morgan fingerprint density at radius 3 is 2.68 bits per heavy atom. The molecule has 0 unspecified atom stereocenters. The predicted octanol–water partition coefficient (Wildman–Crippen LogP) is 3.10. The number of aryl methyl sites for hydroxylation is 1. The van der Waals surface area contributed by atoms with Crippen molar-refractivity contribution in [3.05, 3.63) is 11.9 Å². The summed E-state index contributed by atoms with van der Waals surface area (Å²) in [4.78, 5) is 11.5. The van der Waals surface area contributed by atoms with Gasteiger partial charge in [0.25, 0.3) is 0 Å². The molecule has 0 bridgehead atoms. The largest absolute Gasteiger partial charge is 0.370 e. The van der Waals surface area contributed by atoms with Crippen LogP contribution < -0.4 is 10.2 Å². The normalized spacial score (nSPS) is 15.1. The molecule has 106 valence electrons. The summed E-state index contributed by atoms with van der Waals surface area (Å²) in [6.07, 6.45) is 6.17. The van der Waals surface area contributed by atoms with Crippen molar-refractivity contribution in [3.8, 4) is 0 Å². The minimum absolute atomic E-state index is 0.858. The van der Waals surface area contributed by atoms with E-state index in [1.807, 2.05) is 0 Å². The third kappa shape index (κ3) is 3.82. The van der Waals surface area contributed by atoms with E-state index < -0.39 is 0 Å². The van der Waals surface area contributed by atoms with Crippen LogP contribution in [0.4, 0.5) is 11.6 Å². The Kier molecular flexibility index (Phi) is 5.00. The highest BCUT2D eigenvalue weighted by Crippen LogP contribution is 2.28. The highest BCUT2D eigenvalue weighted by Gasteiger charge is 2.20. The van der Waals surface area contributed by atoms with Crippen molar-refractivity contribution in [2.75, 3.05) is 30.4 Å². The van der Waals surface area contributed by atoms with Crippen LogP contribution in [0.3, 0.4) is 0 Å². The number of hydrogen-bond acceptors (Lipinski definition) is 4. The van der Waals surface area contributed by atoms with E-state index in [-0.39, 0.29) is 0 Å². The van der Waals surface area contributed by atoms with Crippen molar-refractivity contribution < 1.29 is 0 Å². The van der Waals surface area contributed by atoms with Gasteiger partial charge in [-0.05, 0) is 32.1 Å². The van der Waals surface area contributed by atoms with Gasteiger partial charge in [-0.25, -0.2) is 9.97 Å². The van der Waals surface area contributed by atoms with E-state index in [0.717, 1.165) is 49.3 Å². The van der Waals surface area contributed by atoms with Crippen LogP contribution in [0.2, 0.25) is 0 Å². The summed E-state index contributed by atoms with van der Waals surface area (Å²) in [5, 5.41) is 3.31. The van der Waals surface area contributed by atoms with E-state index >= 15 is 0 Å². The zero-order valence-corrected chi connectivity index (χ0v) is 12.4. The molecule has 1 aromatic heterocycles. The molecule has 0 radical (unpaired) electrons. The quantitative estimate of drug-likeness (QED) is 0.820. The van der Waals surface area contributed by atoms with Gasteiger partial charge >= 0.3 is 0 Å². The van der Waals surface area contributed by atoms with Crippen molar-refractivity contribution in [3.63, 3.8) is 0 Å². The van der Waals surface area contributed by atoms with Gasteiger partial charge in [-0.3, -0.25) is 0 Å². The number of anilines is 2. The highest BCUT2D eigenvalue weighted by atomic mass is 15.2. The van der Waals surface area contributed by atoms with Crippen LogP contribution in [-0.4, -0.2) is 30.1 Å². The molecule has 0 spiro atoms. The number of nitrogens with one attached hydrogen (secondary N) is 1. The van der Waals surface area contributed by atoms with E-state index in [9.17, 15) is 0 Å². The first-order chi connectivity index (χ1) is 9.22. The molecule has 2 rings (SSSR count). The molecule has 0 saturated heterocycles. The minimum Gasteiger partial charge on any atom is -0.370 e. The third-order valence-electron chi connectivity index (χ3n) is 3.74. The number of nitrogens with zero attached hydrogens (tertiary/aromatic N) is 3. The van der Waals surface area contributed by atoms with Gasteiger partial charge in [0.1, 0.15) is 17.5 Å². The van der Waals surface area contributed by atoms with Crippen LogP contribution in [0.15, 0.2) is 6.07 Å². The van der Waals surface area contributed by atoms with Gasteiger partial charge in [0.05, 0.1) is 0 Å². The molecule has 4 heteroatoms. The lowest BCUT2D eigenvalue weighted by molar-refractivity contribution is 0.321. The smallest absolute Gasteiger partial charge is 0.134 e. The van der Waals surface area contributed by atoms with Gasteiger partial charge < -0.3 is 10.2 Å². The molecule has 1 saturated carbocycles. The number of rotatable bonds is 7. The zero-order valence-electron chi connectivity index (χ0n) is 12.4. The second kappa shape index (κ2) is 6.73. The first kappa shape index (κ1) is 14.1. The summed E-state index contributed by atoms with van der Waals surface area (Å²) in [6, 6.07) is 2.07. The van der Waals surface area contributed by atoms with E-state index in [1.165, 1.54) is 19.3 Å². The van der Waals surface area contributed by atoms with Gasteiger partial charge in [-0.1, -0.05) is 13.3 Å². The van der Waals surface area contributed by atoms with Gasteiger partial charge in [0.2, 0.25) is 0 Å². The van der Waals surface area contributed by atoms with Crippen LogP contribution in [0.5, 0.6) is 0 Å². The SMILES string of the molecule is CCCc1nc(NCC)cc(N(C)CC2CCC2)n1. The third-order valence-corrected chi connectivity index (χ3v) is 3.74. The molecule has 1 heterocycles. The van der Waals surface area contributed by atoms with Gasteiger partial charge in [0.15, 0.2) is 0 Å². The molecule has 0 atom stereocenters. The Hall–Kier alpha value is -1.32. The van der Waals surface area contributed by atoms with E-state index in [1.54, 1.807) is 0 Å². The lowest BCUT2D eigenvalue weighted by Crippen LogP contribution is -2.30. The Labute approximate surface area is 116 Å². The van der Waals surface area contributed by atoms with Crippen LogP contribution in [0, 0.1) is 5.92 Å². The lowest BCUT2D eigenvalue weighted by atomic mass is 9.85.